The van der Waals surface area contributed by atoms with Crippen molar-refractivity contribution in [2.45, 2.75) is 32.2 Å². The lowest BCUT2D eigenvalue weighted by Crippen LogP contribution is -2.29. The molecule has 80 valence electrons. The Morgan fingerprint density at radius 1 is 1.38 bits per heavy atom. The molecule has 0 spiro atoms. The molecule has 0 aromatic heterocycles. The molecule has 0 fully saturated rings. The van der Waals surface area contributed by atoms with Crippen LogP contribution in [0.15, 0.2) is 0 Å². The Hall–Kier alpha value is 0.270. The van der Waals surface area contributed by atoms with Crippen molar-refractivity contribution in [2.75, 3.05) is 32.3 Å². The highest BCUT2D eigenvalue weighted by molar-refractivity contribution is 7.99. The lowest BCUT2D eigenvalue weighted by Gasteiger charge is -2.14. The normalized spacial score (nSPS) is 13.2. The van der Waals surface area contributed by atoms with Crippen molar-refractivity contribution in [3.8, 4) is 0 Å². The van der Waals surface area contributed by atoms with Gasteiger partial charge in [0.05, 0.1) is 6.61 Å². The third-order valence-electron chi connectivity index (χ3n) is 2.07. The van der Waals surface area contributed by atoms with Gasteiger partial charge in [0.15, 0.2) is 0 Å². The quantitative estimate of drug-likeness (QED) is 0.583. The fourth-order valence-electron chi connectivity index (χ4n) is 1.25. The van der Waals surface area contributed by atoms with Gasteiger partial charge in [-0.1, -0.05) is 13.3 Å². The molecule has 0 heterocycles. The molecule has 1 atom stereocenters. The van der Waals surface area contributed by atoms with Crippen LogP contribution in [0.25, 0.3) is 0 Å². The summed E-state index contributed by atoms with van der Waals surface area (Å²) < 4.78 is 5.11. The average molecular weight is 205 g/mol. The molecule has 0 bridgehead atoms. The number of hydrogen-bond donors (Lipinski definition) is 1. The number of unbranched alkanes of at least 4 members (excludes halogenated alkanes) is 1. The first-order valence-corrected chi connectivity index (χ1v) is 6.24. The predicted molar refractivity (Wildman–Crippen MR) is 61.6 cm³/mol. The van der Waals surface area contributed by atoms with Gasteiger partial charge in [0.2, 0.25) is 0 Å². The Morgan fingerprint density at radius 2 is 2.15 bits per heavy atom. The van der Waals surface area contributed by atoms with Crippen LogP contribution in [0.1, 0.15) is 26.2 Å². The second-order valence-corrected chi connectivity index (χ2v) is 4.53. The van der Waals surface area contributed by atoms with Gasteiger partial charge in [-0.05, 0) is 31.4 Å². The molecule has 0 aromatic carbocycles. The van der Waals surface area contributed by atoms with E-state index >= 15 is 0 Å². The molecule has 0 saturated heterocycles. The molecule has 13 heavy (non-hydrogen) atoms. The third-order valence-corrected chi connectivity index (χ3v) is 3.06. The van der Waals surface area contributed by atoms with Crippen LogP contribution >= 0.6 is 11.8 Å². The summed E-state index contributed by atoms with van der Waals surface area (Å²) in [6.07, 6.45) is 3.87. The van der Waals surface area contributed by atoms with Crippen LogP contribution in [0.2, 0.25) is 0 Å². The highest BCUT2D eigenvalue weighted by atomic mass is 32.2. The first-order chi connectivity index (χ1) is 6.35. The maximum Gasteiger partial charge on any atom is 0.0615 e. The predicted octanol–water partition coefficient (Wildman–Crippen LogP) is 2.14. The summed E-state index contributed by atoms with van der Waals surface area (Å²) >= 11 is 2.03. The van der Waals surface area contributed by atoms with Gasteiger partial charge >= 0.3 is 0 Å². The smallest absolute Gasteiger partial charge is 0.0615 e. The number of thioether (sulfide) groups is 1. The molecule has 0 saturated carbocycles. The number of nitrogens with one attached hydrogen (secondary N) is 1. The molecule has 0 radical (unpaired) electrons. The minimum absolute atomic E-state index is 0.539. The van der Waals surface area contributed by atoms with Crippen LogP contribution in [-0.4, -0.2) is 38.3 Å². The highest BCUT2D eigenvalue weighted by Gasteiger charge is 2.03. The van der Waals surface area contributed by atoms with Crippen molar-refractivity contribution in [1.82, 2.24) is 5.32 Å². The molecule has 2 nitrogen and oxygen atoms in total. The molecular formula is C10H23NOS. The molecule has 0 aromatic rings. The van der Waals surface area contributed by atoms with E-state index in [1.807, 2.05) is 18.8 Å². The lowest BCUT2D eigenvalue weighted by atomic mass is 10.1. The average Bonchev–Trinajstić information content (AvgIpc) is 2.16. The second-order valence-electron chi connectivity index (χ2n) is 3.13. The van der Waals surface area contributed by atoms with Crippen LogP contribution in [-0.2, 0) is 4.74 Å². The maximum atomic E-state index is 5.11. The van der Waals surface area contributed by atoms with E-state index in [0.717, 1.165) is 6.61 Å². The van der Waals surface area contributed by atoms with Crippen molar-refractivity contribution < 1.29 is 4.74 Å². The van der Waals surface area contributed by atoms with E-state index in [4.69, 9.17) is 4.74 Å². The number of rotatable bonds is 9. The minimum Gasteiger partial charge on any atom is -0.383 e. The number of likely N-dealkylation sites (N-methyl/N-ethyl adjacent to an activating group) is 1. The SMILES string of the molecule is CCSCCCCC(COC)NC. The summed E-state index contributed by atoms with van der Waals surface area (Å²) in [7, 11) is 3.77. The molecule has 0 aliphatic heterocycles. The van der Waals surface area contributed by atoms with Crippen molar-refractivity contribution >= 4 is 11.8 Å². The minimum atomic E-state index is 0.539. The number of methoxy groups -OCH3 is 1. The van der Waals surface area contributed by atoms with E-state index in [2.05, 4.69) is 12.2 Å². The number of ether oxygens (including phenoxy) is 1. The van der Waals surface area contributed by atoms with E-state index in [1.54, 1.807) is 7.11 Å². The van der Waals surface area contributed by atoms with Gasteiger partial charge in [0.1, 0.15) is 0 Å². The van der Waals surface area contributed by atoms with Gasteiger partial charge in [0, 0.05) is 13.2 Å². The van der Waals surface area contributed by atoms with E-state index in [0.29, 0.717) is 6.04 Å². The van der Waals surface area contributed by atoms with Gasteiger partial charge in [-0.2, -0.15) is 11.8 Å². The van der Waals surface area contributed by atoms with Crippen LogP contribution in [0.5, 0.6) is 0 Å². The summed E-state index contributed by atoms with van der Waals surface area (Å²) in [5.41, 5.74) is 0. The Morgan fingerprint density at radius 3 is 2.69 bits per heavy atom. The Bertz CT molecular complexity index is 101. The second kappa shape index (κ2) is 10.4. The number of hydrogen-bond acceptors (Lipinski definition) is 3. The van der Waals surface area contributed by atoms with E-state index in [-0.39, 0.29) is 0 Å². The Balaban J connectivity index is 3.17. The van der Waals surface area contributed by atoms with Gasteiger partial charge in [0.25, 0.3) is 0 Å². The lowest BCUT2D eigenvalue weighted by molar-refractivity contribution is 0.165. The summed E-state index contributed by atoms with van der Waals surface area (Å²) in [6.45, 7) is 3.05. The third kappa shape index (κ3) is 8.60. The van der Waals surface area contributed by atoms with E-state index in [1.165, 1.54) is 30.8 Å². The van der Waals surface area contributed by atoms with Crippen molar-refractivity contribution in [2.24, 2.45) is 0 Å². The van der Waals surface area contributed by atoms with Crippen LogP contribution in [0.4, 0.5) is 0 Å². The van der Waals surface area contributed by atoms with Crippen LogP contribution < -0.4 is 5.32 Å². The van der Waals surface area contributed by atoms with Crippen molar-refractivity contribution in [3.63, 3.8) is 0 Å². The molecule has 1 unspecified atom stereocenters. The van der Waals surface area contributed by atoms with Crippen LogP contribution in [0, 0.1) is 0 Å². The molecule has 0 rings (SSSR count). The summed E-state index contributed by atoms with van der Waals surface area (Å²) in [5.74, 6) is 2.55. The first kappa shape index (κ1) is 13.3. The monoisotopic (exact) mass is 205 g/mol. The molecule has 0 aliphatic rings. The van der Waals surface area contributed by atoms with Gasteiger partial charge < -0.3 is 10.1 Å². The molecule has 0 amide bonds. The van der Waals surface area contributed by atoms with Crippen molar-refractivity contribution in [1.29, 1.82) is 0 Å². The van der Waals surface area contributed by atoms with E-state index in [9.17, 15) is 0 Å². The fraction of sp³-hybridized carbons (Fsp3) is 1.00. The van der Waals surface area contributed by atoms with Gasteiger partial charge in [-0.3, -0.25) is 0 Å². The topological polar surface area (TPSA) is 21.3 Å². The summed E-state index contributed by atoms with van der Waals surface area (Å²) in [4.78, 5) is 0. The first-order valence-electron chi connectivity index (χ1n) is 5.09. The van der Waals surface area contributed by atoms with Gasteiger partial charge in [-0.25, -0.2) is 0 Å². The zero-order chi connectivity index (χ0) is 9.94. The molecular weight excluding hydrogens is 182 g/mol. The zero-order valence-electron chi connectivity index (χ0n) is 9.14. The standard InChI is InChI=1S/C10H23NOS/c1-4-13-8-6-5-7-10(11-2)9-12-3/h10-11H,4-9H2,1-3H3. The highest BCUT2D eigenvalue weighted by Crippen LogP contribution is 2.07. The summed E-state index contributed by atoms with van der Waals surface area (Å²) in [5, 5.41) is 3.26. The molecule has 1 N–H and O–H groups in total. The van der Waals surface area contributed by atoms with Gasteiger partial charge in [-0.15, -0.1) is 0 Å². The van der Waals surface area contributed by atoms with Crippen molar-refractivity contribution in [3.05, 3.63) is 0 Å². The largest absolute Gasteiger partial charge is 0.383 e. The molecule has 3 heteroatoms. The maximum absolute atomic E-state index is 5.11. The Kier molecular flexibility index (Phi) is 10.6. The summed E-state index contributed by atoms with van der Waals surface area (Å²) in [6, 6.07) is 0.539. The van der Waals surface area contributed by atoms with E-state index < -0.39 is 0 Å². The fourth-order valence-corrected chi connectivity index (χ4v) is 1.95. The zero-order valence-corrected chi connectivity index (χ0v) is 9.95. The Labute approximate surface area is 86.8 Å². The van der Waals surface area contributed by atoms with Crippen LogP contribution in [0.3, 0.4) is 0 Å². The molecule has 0 aliphatic carbocycles.